The number of benzene rings is 1. The molecular weight excluding hydrogens is 400 g/mol. The van der Waals surface area contributed by atoms with Crippen molar-refractivity contribution in [2.45, 2.75) is 51.4 Å². The van der Waals surface area contributed by atoms with Gasteiger partial charge in [-0.2, -0.15) is 0 Å². The highest BCUT2D eigenvalue weighted by atomic mass is 16.3. The van der Waals surface area contributed by atoms with Crippen molar-refractivity contribution in [3.63, 3.8) is 0 Å². The maximum Gasteiger partial charge on any atom is 0.246 e. The summed E-state index contributed by atoms with van der Waals surface area (Å²) in [6, 6.07) is 5.52. The Morgan fingerprint density at radius 2 is 1.65 bits per heavy atom. The highest BCUT2D eigenvalue weighted by Gasteiger charge is 2.39. The van der Waals surface area contributed by atoms with Crippen LogP contribution in [0.1, 0.15) is 38.9 Å². The van der Waals surface area contributed by atoms with E-state index in [-0.39, 0.29) is 12.5 Å². The third-order valence-corrected chi connectivity index (χ3v) is 5.56. The number of carbonyl (C=O) groups is 4. The number of hydrogen-bond donors (Lipinski definition) is 3. The summed E-state index contributed by atoms with van der Waals surface area (Å²) in [7, 11) is 2.88. The molecule has 170 valence electrons. The second-order valence-electron chi connectivity index (χ2n) is 8.34. The van der Waals surface area contributed by atoms with Crippen LogP contribution in [0.3, 0.4) is 0 Å². The summed E-state index contributed by atoms with van der Waals surface area (Å²) in [5.41, 5.74) is 0.455. The van der Waals surface area contributed by atoms with Crippen molar-refractivity contribution >= 4 is 23.6 Å². The lowest BCUT2D eigenvalue weighted by Gasteiger charge is -2.35. The molecule has 3 N–H and O–H groups in total. The van der Waals surface area contributed by atoms with Crippen LogP contribution in [-0.2, 0) is 19.2 Å². The van der Waals surface area contributed by atoms with Gasteiger partial charge in [0.15, 0.2) is 0 Å². The van der Waals surface area contributed by atoms with Crippen LogP contribution >= 0.6 is 0 Å². The van der Waals surface area contributed by atoms with Crippen molar-refractivity contribution in [2.75, 3.05) is 20.6 Å². The molecule has 1 aromatic carbocycles. The monoisotopic (exact) mass is 432 g/mol. The largest absolute Gasteiger partial charge is 0.386 e. The van der Waals surface area contributed by atoms with Crippen LogP contribution in [0.25, 0.3) is 0 Å². The van der Waals surface area contributed by atoms with Crippen molar-refractivity contribution in [3.8, 4) is 0 Å². The molecule has 0 aliphatic carbocycles. The van der Waals surface area contributed by atoms with Gasteiger partial charge in [-0.15, -0.1) is 0 Å². The summed E-state index contributed by atoms with van der Waals surface area (Å²) in [6.45, 7) is 5.03. The molecule has 0 aromatic heterocycles. The van der Waals surface area contributed by atoms with Crippen LogP contribution in [-0.4, -0.2) is 77.3 Å². The van der Waals surface area contributed by atoms with E-state index in [9.17, 15) is 24.3 Å². The van der Waals surface area contributed by atoms with Gasteiger partial charge in [-0.05, 0) is 24.8 Å². The van der Waals surface area contributed by atoms with Crippen molar-refractivity contribution < 1.29 is 24.3 Å². The molecule has 1 aliphatic heterocycles. The Labute approximate surface area is 182 Å². The second kappa shape index (κ2) is 10.4. The molecule has 1 heterocycles. The Morgan fingerprint density at radius 3 is 2.23 bits per heavy atom. The molecule has 9 nitrogen and oxygen atoms in total. The maximum atomic E-state index is 13.3. The normalized spacial score (nSPS) is 24.9. The molecule has 2 rings (SSSR count). The Balaban J connectivity index is 2.47. The molecular formula is C22H32N4O5. The smallest absolute Gasteiger partial charge is 0.246 e. The summed E-state index contributed by atoms with van der Waals surface area (Å²) >= 11 is 0. The summed E-state index contributed by atoms with van der Waals surface area (Å²) < 4.78 is 0. The van der Waals surface area contributed by atoms with Crippen LogP contribution in [0.2, 0.25) is 0 Å². The average Bonchev–Trinajstić information content (AvgIpc) is 2.74. The average molecular weight is 433 g/mol. The van der Waals surface area contributed by atoms with E-state index in [0.29, 0.717) is 12.0 Å². The number of carbonyl (C=O) groups excluding carboxylic acids is 4. The van der Waals surface area contributed by atoms with Crippen molar-refractivity contribution in [1.82, 2.24) is 20.4 Å². The zero-order valence-corrected chi connectivity index (χ0v) is 18.7. The first-order valence-electron chi connectivity index (χ1n) is 10.4. The lowest BCUT2D eigenvalue weighted by molar-refractivity contribution is -0.148. The zero-order chi connectivity index (χ0) is 23.3. The van der Waals surface area contributed by atoms with Gasteiger partial charge in [0, 0.05) is 14.1 Å². The maximum absolute atomic E-state index is 13.3. The highest BCUT2D eigenvalue weighted by molar-refractivity contribution is 5.96. The van der Waals surface area contributed by atoms with Gasteiger partial charge in [0.25, 0.3) is 0 Å². The quantitative estimate of drug-likeness (QED) is 0.621. The predicted molar refractivity (Wildman–Crippen MR) is 115 cm³/mol. The van der Waals surface area contributed by atoms with E-state index < -0.39 is 47.9 Å². The van der Waals surface area contributed by atoms with Gasteiger partial charge >= 0.3 is 0 Å². The number of aliphatic hydroxyl groups is 1. The van der Waals surface area contributed by atoms with E-state index in [2.05, 4.69) is 10.6 Å². The van der Waals surface area contributed by atoms with Crippen molar-refractivity contribution in [3.05, 3.63) is 35.9 Å². The molecule has 4 unspecified atom stereocenters. The summed E-state index contributed by atoms with van der Waals surface area (Å²) in [6.07, 6.45) is -0.977. The zero-order valence-electron chi connectivity index (χ0n) is 18.7. The molecule has 0 spiro atoms. The third-order valence-electron chi connectivity index (χ3n) is 5.56. The second-order valence-corrected chi connectivity index (χ2v) is 8.34. The Bertz CT molecular complexity index is 813. The van der Waals surface area contributed by atoms with Crippen LogP contribution in [0.4, 0.5) is 0 Å². The lowest BCUT2D eigenvalue weighted by atomic mass is 9.97. The number of aliphatic hydroxyl groups excluding tert-OH is 1. The van der Waals surface area contributed by atoms with Crippen molar-refractivity contribution in [2.24, 2.45) is 5.92 Å². The topological polar surface area (TPSA) is 119 Å². The van der Waals surface area contributed by atoms with E-state index >= 15 is 0 Å². The Hall–Kier alpha value is -2.94. The number of hydrogen-bond acceptors (Lipinski definition) is 5. The summed E-state index contributed by atoms with van der Waals surface area (Å²) in [5, 5.41) is 16.2. The van der Waals surface area contributed by atoms with Gasteiger partial charge in [-0.3, -0.25) is 19.2 Å². The first-order valence-corrected chi connectivity index (χ1v) is 10.4. The van der Waals surface area contributed by atoms with Gasteiger partial charge in [0.05, 0.1) is 6.54 Å². The molecule has 1 fully saturated rings. The van der Waals surface area contributed by atoms with E-state index in [1.54, 1.807) is 37.3 Å². The molecule has 1 saturated heterocycles. The minimum atomic E-state index is -1.32. The Kier molecular flexibility index (Phi) is 8.15. The molecule has 4 atom stereocenters. The van der Waals surface area contributed by atoms with Gasteiger partial charge in [-0.25, -0.2) is 0 Å². The Morgan fingerprint density at radius 1 is 1.03 bits per heavy atom. The number of likely N-dealkylation sites (N-methyl/N-ethyl adjacent to an activating group) is 2. The molecule has 4 amide bonds. The first kappa shape index (κ1) is 24.3. The molecule has 1 aromatic rings. The fraction of sp³-hybridized carbons (Fsp3) is 0.545. The van der Waals surface area contributed by atoms with Crippen LogP contribution in [0, 0.1) is 5.92 Å². The number of nitrogens with one attached hydrogen (secondary N) is 2. The molecule has 1 aliphatic rings. The van der Waals surface area contributed by atoms with Gasteiger partial charge in [0.2, 0.25) is 23.6 Å². The van der Waals surface area contributed by atoms with Crippen LogP contribution in [0.15, 0.2) is 30.3 Å². The summed E-state index contributed by atoms with van der Waals surface area (Å²) in [4.78, 5) is 53.9. The van der Waals surface area contributed by atoms with E-state index in [1.807, 2.05) is 13.8 Å². The number of amides is 4. The number of nitrogens with zero attached hydrogens (tertiary/aromatic N) is 2. The van der Waals surface area contributed by atoms with Crippen LogP contribution < -0.4 is 10.6 Å². The van der Waals surface area contributed by atoms with E-state index in [1.165, 1.54) is 19.0 Å². The minimum Gasteiger partial charge on any atom is -0.386 e. The van der Waals surface area contributed by atoms with Gasteiger partial charge < -0.3 is 25.5 Å². The SMILES string of the molecule is CC(C)CC1NC(=O)C(C)N(C)C(=O)CNC(=O)C(C(O)c2ccccc2)N(C)C1=O. The summed E-state index contributed by atoms with van der Waals surface area (Å²) in [5.74, 6) is -1.98. The lowest BCUT2D eigenvalue weighted by Crippen LogP contribution is -2.60. The minimum absolute atomic E-state index is 0.0801. The molecule has 9 heteroatoms. The fourth-order valence-electron chi connectivity index (χ4n) is 3.52. The molecule has 31 heavy (non-hydrogen) atoms. The highest BCUT2D eigenvalue weighted by Crippen LogP contribution is 2.22. The first-order chi connectivity index (χ1) is 14.5. The standard InChI is InChI=1S/C22H32N4O5/c1-13(2)11-16-22(31)26(5)18(19(28)15-9-7-6-8-10-15)21(30)23-12-17(27)25(4)14(3)20(29)24-16/h6-10,13-14,16,18-19,28H,11-12H2,1-5H3,(H,23,30)(H,24,29). The number of rotatable bonds is 4. The fourth-order valence-corrected chi connectivity index (χ4v) is 3.52. The third kappa shape index (κ3) is 5.81. The molecule has 0 saturated carbocycles. The van der Waals surface area contributed by atoms with E-state index in [4.69, 9.17) is 0 Å². The van der Waals surface area contributed by atoms with E-state index in [0.717, 1.165) is 4.90 Å². The van der Waals surface area contributed by atoms with Gasteiger partial charge in [-0.1, -0.05) is 44.2 Å². The molecule has 0 radical (unpaired) electrons. The molecule has 0 bridgehead atoms. The van der Waals surface area contributed by atoms with Gasteiger partial charge in [0.1, 0.15) is 24.2 Å². The predicted octanol–water partition coefficient (Wildman–Crippen LogP) is 0.0546. The van der Waals surface area contributed by atoms with Crippen molar-refractivity contribution in [1.29, 1.82) is 0 Å². The van der Waals surface area contributed by atoms with Crippen LogP contribution in [0.5, 0.6) is 0 Å².